The van der Waals surface area contributed by atoms with Gasteiger partial charge in [-0.1, -0.05) is 18.2 Å². The fraction of sp³-hybridized carbons (Fsp3) is 0.667. The van der Waals surface area contributed by atoms with Gasteiger partial charge in [-0.25, -0.2) is 0 Å². The number of ether oxygens (including phenoxy) is 1. The van der Waals surface area contributed by atoms with Crippen LogP contribution in [0.3, 0.4) is 0 Å². The molecule has 0 aliphatic heterocycles. The summed E-state index contributed by atoms with van der Waals surface area (Å²) in [7, 11) is 0. The molecular formula is C15H26O2. The summed E-state index contributed by atoms with van der Waals surface area (Å²) in [4.78, 5) is 11.9. The molecule has 0 heterocycles. The lowest BCUT2D eigenvalue weighted by atomic mass is 9.95. The molecule has 0 saturated carbocycles. The number of hydrogen-bond donors (Lipinski definition) is 0. The minimum absolute atomic E-state index is 0.183. The van der Waals surface area contributed by atoms with Crippen LogP contribution in [0.2, 0.25) is 0 Å². The highest BCUT2D eigenvalue weighted by Gasteiger charge is 2.31. The summed E-state index contributed by atoms with van der Waals surface area (Å²) in [5.41, 5.74) is 0.232. The quantitative estimate of drug-likeness (QED) is 0.528. The fourth-order valence-electron chi connectivity index (χ4n) is 1.21. The van der Waals surface area contributed by atoms with Crippen molar-refractivity contribution in [2.45, 2.75) is 60.0 Å². The van der Waals surface area contributed by atoms with Crippen LogP contribution in [-0.4, -0.2) is 11.6 Å². The molecule has 1 atom stereocenters. The van der Waals surface area contributed by atoms with Gasteiger partial charge in [0.15, 0.2) is 0 Å². The van der Waals surface area contributed by atoms with Crippen LogP contribution in [0.1, 0.15) is 54.4 Å². The predicted molar refractivity (Wildman–Crippen MR) is 72.8 cm³/mol. The van der Waals surface area contributed by atoms with Crippen molar-refractivity contribution in [1.29, 1.82) is 0 Å². The van der Waals surface area contributed by atoms with E-state index in [1.165, 1.54) is 5.57 Å². The van der Waals surface area contributed by atoms with Gasteiger partial charge in [0.1, 0.15) is 5.60 Å². The van der Waals surface area contributed by atoms with E-state index in [1.807, 2.05) is 27.7 Å². The van der Waals surface area contributed by atoms with E-state index < -0.39 is 11.0 Å². The molecular weight excluding hydrogens is 212 g/mol. The number of esters is 1. The zero-order valence-corrected chi connectivity index (χ0v) is 12.1. The second-order valence-corrected chi connectivity index (χ2v) is 5.98. The van der Waals surface area contributed by atoms with Crippen LogP contribution in [0, 0.1) is 5.41 Å². The minimum Gasteiger partial charge on any atom is -0.455 e. The lowest BCUT2D eigenvalue weighted by Gasteiger charge is -2.29. The zero-order valence-electron chi connectivity index (χ0n) is 12.1. The summed E-state index contributed by atoms with van der Waals surface area (Å²) in [6, 6.07) is 0. The van der Waals surface area contributed by atoms with Gasteiger partial charge in [-0.15, -0.1) is 0 Å². The first kappa shape index (κ1) is 16.0. The molecule has 0 aliphatic rings. The Labute approximate surface area is 106 Å². The van der Waals surface area contributed by atoms with E-state index in [2.05, 4.69) is 26.5 Å². The molecule has 0 aromatic rings. The van der Waals surface area contributed by atoms with Crippen molar-refractivity contribution in [2.24, 2.45) is 5.41 Å². The smallest absolute Gasteiger partial charge is 0.312 e. The van der Waals surface area contributed by atoms with E-state index in [9.17, 15) is 4.79 Å². The number of carbonyl (C=O) groups is 1. The van der Waals surface area contributed by atoms with E-state index in [-0.39, 0.29) is 5.97 Å². The molecule has 0 amide bonds. The van der Waals surface area contributed by atoms with E-state index in [0.717, 1.165) is 12.8 Å². The van der Waals surface area contributed by atoms with Gasteiger partial charge in [-0.05, 0) is 60.5 Å². The Hall–Kier alpha value is -1.05. The summed E-state index contributed by atoms with van der Waals surface area (Å²) in [6.07, 6.45) is 5.52. The topological polar surface area (TPSA) is 26.3 Å². The molecule has 0 radical (unpaired) electrons. The van der Waals surface area contributed by atoms with Crippen molar-refractivity contribution in [3.8, 4) is 0 Å². The number of carbonyl (C=O) groups excluding carboxylic acids is 1. The van der Waals surface area contributed by atoms with Gasteiger partial charge >= 0.3 is 5.97 Å². The van der Waals surface area contributed by atoms with Crippen LogP contribution in [-0.2, 0) is 9.53 Å². The van der Waals surface area contributed by atoms with Gasteiger partial charge in [0.05, 0.1) is 5.41 Å². The SMILES string of the molecule is C=CC(C)(CCC=C(C)C)OC(=O)C(C)(C)C. The van der Waals surface area contributed by atoms with Gasteiger partial charge in [0.2, 0.25) is 0 Å². The molecule has 0 aromatic heterocycles. The van der Waals surface area contributed by atoms with Crippen LogP contribution in [0.15, 0.2) is 24.3 Å². The van der Waals surface area contributed by atoms with Gasteiger partial charge in [-0.2, -0.15) is 0 Å². The van der Waals surface area contributed by atoms with Crippen molar-refractivity contribution in [1.82, 2.24) is 0 Å². The molecule has 0 N–H and O–H groups in total. The van der Waals surface area contributed by atoms with E-state index in [4.69, 9.17) is 4.74 Å². The number of allylic oxidation sites excluding steroid dienone is 2. The van der Waals surface area contributed by atoms with Crippen LogP contribution >= 0.6 is 0 Å². The highest BCUT2D eigenvalue weighted by Crippen LogP contribution is 2.25. The van der Waals surface area contributed by atoms with Crippen molar-refractivity contribution in [3.05, 3.63) is 24.3 Å². The average Bonchev–Trinajstić information content (AvgIpc) is 2.15. The third-order valence-electron chi connectivity index (χ3n) is 2.56. The molecule has 0 bridgehead atoms. The Balaban J connectivity index is 4.53. The maximum Gasteiger partial charge on any atom is 0.312 e. The normalized spacial score (nSPS) is 14.7. The summed E-state index contributed by atoms with van der Waals surface area (Å²) in [5, 5.41) is 0. The second-order valence-electron chi connectivity index (χ2n) is 5.98. The van der Waals surface area contributed by atoms with E-state index in [1.54, 1.807) is 6.08 Å². The van der Waals surface area contributed by atoms with Crippen LogP contribution < -0.4 is 0 Å². The summed E-state index contributed by atoms with van der Waals surface area (Å²) >= 11 is 0. The van der Waals surface area contributed by atoms with Gasteiger partial charge in [-0.3, -0.25) is 4.79 Å². The molecule has 0 spiro atoms. The van der Waals surface area contributed by atoms with Crippen LogP contribution in [0.4, 0.5) is 0 Å². The fourth-order valence-corrected chi connectivity index (χ4v) is 1.21. The lowest BCUT2D eigenvalue weighted by molar-refractivity contribution is -0.163. The summed E-state index contributed by atoms with van der Waals surface area (Å²) in [5.74, 6) is -0.183. The van der Waals surface area contributed by atoms with Gasteiger partial charge < -0.3 is 4.74 Å². The molecule has 2 nitrogen and oxygen atoms in total. The molecule has 17 heavy (non-hydrogen) atoms. The Morgan fingerprint density at radius 1 is 1.24 bits per heavy atom. The molecule has 0 aliphatic carbocycles. The summed E-state index contributed by atoms with van der Waals surface area (Å²) in [6.45, 7) is 15.4. The maximum atomic E-state index is 11.9. The monoisotopic (exact) mass is 238 g/mol. The Kier molecular flexibility index (Phi) is 5.67. The molecule has 1 unspecified atom stereocenters. The van der Waals surface area contributed by atoms with Gasteiger partial charge in [0, 0.05) is 0 Å². The molecule has 0 aromatic carbocycles. The van der Waals surface area contributed by atoms with E-state index in [0.29, 0.717) is 0 Å². The molecule has 2 heteroatoms. The number of rotatable bonds is 5. The van der Waals surface area contributed by atoms with Crippen LogP contribution in [0.5, 0.6) is 0 Å². The lowest BCUT2D eigenvalue weighted by Crippen LogP contribution is -2.35. The molecule has 0 saturated heterocycles. The first-order valence-corrected chi connectivity index (χ1v) is 6.11. The predicted octanol–water partition coefficient (Wildman–Crippen LogP) is 4.27. The Bertz CT molecular complexity index is 303. The first-order chi connectivity index (χ1) is 7.60. The zero-order chi connectivity index (χ0) is 13.7. The Morgan fingerprint density at radius 3 is 2.12 bits per heavy atom. The average molecular weight is 238 g/mol. The van der Waals surface area contributed by atoms with Crippen LogP contribution in [0.25, 0.3) is 0 Å². The van der Waals surface area contributed by atoms with Gasteiger partial charge in [0.25, 0.3) is 0 Å². The highest BCUT2D eigenvalue weighted by molar-refractivity contribution is 5.76. The number of hydrogen-bond acceptors (Lipinski definition) is 2. The second kappa shape index (κ2) is 6.04. The van der Waals surface area contributed by atoms with E-state index >= 15 is 0 Å². The standard InChI is InChI=1S/C15H26O2/c1-8-15(7,11-9-10-12(2)3)17-13(16)14(4,5)6/h8,10H,1,9,11H2,2-7H3. The molecule has 0 rings (SSSR count). The molecule has 0 fully saturated rings. The first-order valence-electron chi connectivity index (χ1n) is 6.11. The maximum absolute atomic E-state index is 11.9. The third-order valence-corrected chi connectivity index (χ3v) is 2.56. The molecule has 98 valence electrons. The minimum atomic E-state index is -0.573. The van der Waals surface area contributed by atoms with Crippen molar-refractivity contribution >= 4 is 5.97 Å². The largest absolute Gasteiger partial charge is 0.455 e. The highest BCUT2D eigenvalue weighted by atomic mass is 16.6. The van der Waals surface area contributed by atoms with Crippen molar-refractivity contribution < 1.29 is 9.53 Å². The third kappa shape index (κ3) is 6.30. The summed E-state index contributed by atoms with van der Waals surface area (Å²) < 4.78 is 5.55. The van der Waals surface area contributed by atoms with Crippen molar-refractivity contribution in [3.63, 3.8) is 0 Å². The Morgan fingerprint density at radius 2 is 1.76 bits per heavy atom. The van der Waals surface area contributed by atoms with Crippen molar-refractivity contribution in [2.75, 3.05) is 0 Å².